The molecule has 0 aliphatic heterocycles. The van der Waals surface area contributed by atoms with Crippen LogP contribution in [0.25, 0.3) is 0 Å². The average Bonchev–Trinajstić information content (AvgIpc) is 2.52. The summed E-state index contributed by atoms with van der Waals surface area (Å²) in [5, 5.41) is 0. The zero-order valence-corrected chi connectivity index (χ0v) is 13.3. The highest BCUT2D eigenvalue weighted by Gasteiger charge is 2.10. The maximum Gasteiger partial charge on any atom is 0.119 e. The van der Waals surface area contributed by atoms with E-state index in [1.807, 2.05) is 12.1 Å². The number of anilines is 1. The van der Waals surface area contributed by atoms with E-state index in [1.54, 1.807) is 7.11 Å². The topological polar surface area (TPSA) is 12.5 Å². The van der Waals surface area contributed by atoms with E-state index >= 15 is 0 Å². The van der Waals surface area contributed by atoms with Gasteiger partial charge in [-0.3, -0.25) is 0 Å². The lowest BCUT2D eigenvalue weighted by Gasteiger charge is -2.29. The molecule has 0 saturated heterocycles. The summed E-state index contributed by atoms with van der Waals surface area (Å²) in [6, 6.07) is 19.5. The van der Waals surface area contributed by atoms with Gasteiger partial charge in [0.15, 0.2) is 0 Å². The maximum absolute atomic E-state index is 5.23. The van der Waals surface area contributed by atoms with E-state index in [2.05, 4.69) is 61.2 Å². The van der Waals surface area contributed by atoms with Gasteiger partial charge >= 0.3 is 0 Å². The Labute approximate surface area is 128 Å². The summed E-state index contributed by atoms with van der Waals surface area (Å²) in [4.78, 5) is 2.45. The van der Waals surface area contributed by atoms with Crippen molar-refractivity contribution in [2.45, 2.75) is 32.7 Å². The lowest BCUT2D eigenvalue weighted by molar-refractivity contribution is 0.414. The molecule has 0 fully saturated rings. The van der Waals surface area contributed by atoms with Gasteiger partial charge in [-0.1, -0.05) is 30.3 Å². The van der Waals surface area contributed by atoms with Gasteiger partial charge in [-0.2, -0.15) is 0 Å². The molecule has 0 unspecified atom stereocenters. The molecule has 112 valence electrons. The molecule has 0 N–H and O–H groups in total. The number of rotatable bonds is 7. The Balaban J connectivity index is 1.95. The molecule has 0 spiro atoms. The van der Waals surface area contributed by atoms with Gasteiger partial charge < -0.3 is 9.64 Å². The van der Waals surface area contributed by atoms with Crippen molar-refractivity contribution in [2.75, 3.05) is 18.6 Å². The summed E-state index contributed by atoms with van der Waals surface area (Å²) in [6.07, 6.45) is 2.29. The van der Waals surface area contributed by atoms with E-state index in [0.29, 0.717) is 6.04 Å². The second-order valence-electron chi connectivity index (χ2n) is 5.57. The number of hydrogen-bond acceptors (Lipinski definition) is 2. The van der Waals surface area contributed by atoms with Gasteiger partial charge in [0.25, 0.3) is 0 Å². The molecule has 0 atom stereocenters. The molecule has 2 aromatic carbocycles. The van der Waals surface area contributed by atoms with Crippen molar-refractivity contribution < 1.29 is 4.74 Å². The van der Waals surface area contributed by atoms with Crippen molar-refractivity contribution in [1.29, 1.82) is 0 Å². The van der Waals surface area contributed by atoms with Crippen LogP contribution in [0.5, 0.6) is 5.75 Å². The number of nitrogens with zero attached hydrogens (tertiary/aromatic N) is 1. The first-order valence-corrected chi connectivity index (χ1v) is 7.65. The summed E-state index contributed by atoms with van der Waals surface area (Å²) in [6.45, 7) is 5.55. The molecule has 0 bridgehead atoms. The van der Waals surface area contributed by atoms with Crippen LogP contribution in [-0.4, -0.2) is 19.7 Å². The highest BCUT2D eigenvalue weighted by molar-refractivity contribution is 5.49. The van der Waals surface area contributed by atoms with Crippen LogP contribution in [0.4, 0.5) is 5.69 Å². The maximum atomic E-state index is 5.23. The fraction of sp³-hybridized carbons (Fsp3) is 0.368. The predicted octanol–water partition coefficient (Wildman–Crippen LogP) is 4.54. The molecule has 0 amide bonds. The van der Waals surface area contributed by atoms with Crippen LogP contribution < -0.4 is 9.64 Å². The Bertz CT molecular complexity index is 519. The third kappa shape index (κ3) is 4.52. The van der Waals surface area contributed by atoms with Gasteiger partial charge in [-0.05, 0) is 56.5 Å². The predicted molar refractivity (Wildman–Crippen MR) is 90.2 cm³/mol. The third-order valence-corrected chi connectivity index (χ3v) is 3.73. The Morgan fingerprint density at radius 3 is 2.19 bits per heavy atom. The van der Waals surface area contributed by atoms with Crippen LogP contribution in [0.2, 0.25) is 0 Å². The molecule has 2 heteroatoms. The highest BCUT2D eigenvalue weighted by atomic mass is 16.5. The van der Waals surface area contributed by atoms with Crippen LogP contribution in [-0.2, 0) is 6.42 Å². The lowest BCUT2D eigenvalue weighted by atomic mass is 10.1. The van der Waals surface area contributed by atoms with Gasteiger partial charge in [0.2, 0.25) is 0 Å². The summed E-state index contributed by atoms with van der Waals surface area (Å²) < 4.78 is 5.23. The second kappa shape index (κ2) is 7.72. The molecular formula is C19H25NO. The van der Waals surface area contributed by atoms with Crippen molar-refractivity contribution in [3.63, 3.8) is 0 Å². The van der Waals surface area contributed by atoms with Crippen molar-refractivity contribution in [1.82, 2.24) is 0 Å². The first kappa shape index (κ1) is 15.4. The molecular weight excluding hydrogens is 258 g/mol. The molecule has 2 aromatic rings. The quantitative estimate of drug-likeness (QED) is 0.739. The Morgan fingerprint density at radius 1 is 0.952 bits per heavy atom. The van der Waals surface area contributed by atoms with Gasteiger partial charge in [0.05, 0.1) is 7.11 Å². The second-order valence-corrected chi connectivity index (χ2v) is 5.57. The Hall–Kier alpha value is -1.96. The Kier molecular flexibility index (Phi) is 5.68. The molecule has 0 aromatic heterocycles. The van der Waals surface area contributed by atoms with Crippen molar-refractivity contribution >= 4 is 5.69 Å². The minimum absolute atomic E-state index is 0.495. The van der Waals surface area contributed by atoms with Crippen LogP contribution in [0.1, 0.15) is 25.8 Å². The smallest absolute Gasteiger partial charge is 0.119 e. The normalized spacial score (nSPS) is 10.7. The van der Waals surface area contributed by atoms with Crippen LogP contribution in [0.15, 0.2) is 54.6 Å². The molecule has 0 aliphatic carbocycles. The van der Waals surface area contributed by atoms with Crippen molar-refractivity contribution in [3.05, 3.63) is 60.2 Å². The standard InChI is InChI=1S/C19H25NO/c1-16(2)20(18-11-13-19(21-3)14-12-18)15-7-10-17-8-5-4-6-9-17/h4-6,8-9,11-14,16H,7,10,15H2,1-3H3. The number of ether oxygens (including phenoxy) is 1. The molecule has 2 rings (SSSR count). The van der Waals surface area contributed by atoms with Crippen molar-refractivity contribution in [2.24, 2.45) is 0 Å². The zero-order chi connectivity index (χ0) is 15.1. The van der Waals surface area contributed by atoms with E-state index in [4.69, 9.17) is 4.74 Å². The molecule has 21 heavy (non-hydrogen) atoms. The number of aryl methyl sites for hydroxylation is 1. The van der Waals surface area contributed by atoms with E-state index in [-0.39, 0.29) is 0 Å². The first-order chi connectivity index (χ1) is 10.2. The van der Waals surface area contributed by atoms with E-state index in [9.17, 15) is 0 Å². The SMILES string of the molecule is COc1ccc(N(CCCc2ccccc2)C(C)C)cc1. The lowest BCUT2D eigenvalue weighted by Crippen LogP contribution is -2.31. The average molecular weight is 283 g/mol. The monoisotopic (exact) mass is 283 g/mol. The molecule has 2 nitrogen and oxygen atoms in total. The fourth-order valence-corrected chi connectivity index (χ4v) is 2.56. The number of hydrogen-bond donors (Lipinski definition) is 0. The van der Waals surface area contributed by atoms with Crippen LogP contribution in [0, 0.1) is 0 Å². The van der Waals surface area contributed by atoms with Gasteiger partial charge in [-0.25, -0.2) is 0 Å². The fourth-order valence-electron chi connectivity index (χ4n) is 2.56. The number of benzene rings is 2. The summed E-state index contributed by atoms with van der Waals surface area (Å²) >= 11 is 0. The van der Waals surface area contributed by atoms with Gasteiger partial charge in [0, 0.05) is 18.3 Å². The van der Waals surface area contributed by atoms with Crippen LogP contribution >= 0.6 is 0 Å². The minimum atomic E-state index is 0.495. The van der Waals surface area contributed by atoms with E-state index < -0.39 is 0 Å². The summed E-state index contributed by atoms with van der Waals surface area (Å²) in [7, 11) is 1.70. The molecule has 0 saturated carbocycles. The van der Waals surface area contributed by atoms with Gasteiger partial charge in [0.1, 0.15) is 5.75 Å². The van der Waals surface area contributed by atoms with Crippen LogP contribution in [0.3, 0.4) is 0 Å². The number of methoxy groups -OCH3 is 1. The minimum Gasteiger partial charge on any atom is -0.497 e. The molecule has 0 radical (unpaired) electrons. The molecule has 0 aliphatic rings. The Morgan fingerprint density at radius 2 is 1.62 bits per heavy atom. The van der Waals surface area contributed by atoms with Crippen molar-refractivity contribution in [3.8, 4) is 5.75 Å². The highest BCUT2D eigenvalue weighted by Crippen LogP contribution is 2.21. The van der Waals surface area contributed by atoms with E-state index in [1.165, 1.54) is 11.3 Å². The largest absolute Gasteiger partial charge is 0.497 e. The van der Waals surface area contributed by atoms with E-state index in [0.717, 1.165) is 25.1 Å². The van der Waals surface area contributed by atoms with Gasteiger partial charge in [-0.15, -0.1) is 0 Å². The molecule has 0 heterocycles. The summed E-state index contributed by atoms with van der Waals surface area (Å²) in [5.74, 6) is 0.909. The zero-order valence-electron chi connectivity index (χ0n) is 13.3. The first-order valence-electron chi connectivity index (χ1n) is 7.65. The summed E-state index contributed by atoms with van der Waals surface area (Å²) in [5.41, 5.74) is 2.68. The third-order valence-electron chi connectivity index (χ3n) is 3.73.